The van der Waals surface area contributed by atoms with Crippen LogP contribution in [0.2, 0.25) is 0 Å². The summed E-state index contributed by atoms with van der Waals surface area (Å²) < 4.78 is 13.1. The zero-order chi connectivity index (χ0) is 20.7. The van der Waals surface area contributed by atoms with Crippen LogP contribution in [0.3, 0.4) is 0 Å². The highest BCUT2D eigenvalue weighted by molar-refractivity contribution is 9.10. The first-order valence-corrected chi connectivity index (χ1v) is 11.0. The van der Waals surface area contributed by atoms with Crippen molar-refractivity contribution >= 4 is 21.6 Å². The van der Waals surface area contributed by atoms with Gasteiger partial charge in [-0.2, -0.15) is 5.10 Å². The Morgan fingerprint density at radius 3 is 2.63 bits per heavy atom. The van der Waals surface area contributed by atoms with E-state index in [-0.39, 0.29) is 12.3 Å². The van der Waals surface area contributed by atoms with Gasteiger partial charge in [-0.25, -0.2) is 5.01 Å². The lowest BCUT2D eigenvalue weighted by atomic mass is 9.95. The van der Waals surface area contributed by atoms with Crippen LogP contribution in [0.5, 0.6) is 11.5 Å². The fraction of sp³-hybridized carbons (Fsp3) is 0.240. The lowest BCUT2D eigenvalue weighted by molar-refractivity contribution is -0.0203. The van der Waals surface area contributed by atoms with Crippen molar-refractivity contribution in [2.45, 2.75) is 32.0 Å². The van der Waals surface area contributed by atoms with Gasteiger partial charge in [0.15, 0.2) is 0 Å². The Morgan fingerprint density at radius 2 is 1.87 bits per heavy atom. The van der Waals surface area contributed by atoms with Crippen LogP contribution in [0, 0.1) is 0 Å². The molecule has 2 aliphatic rings. The average Bonchev–Trinajstić information content (AvgIpc) is 3.24. The van der Waals surface area contributed by atoms with Gasteiger partial charge in [-0.15, -0.1) is 0 Å². The minimum Gasteiger partial charge on any atom is -0.496 e. The minimum absolute atomic E-state index is 0.129. The van der Waals surface area contributed by atoms with Crippen molar-refractivity contribution in [3.05, 3.63) is 93.5 Å². The van der Waals surface area contributed by atoms with E-state index in [9.17, 15) is 0 Å². The second-order valence-corrected chi connectivity index (χ2v) is 8.51. The molecule has 0 unspecified atom stereocenters. The summed E-state index contributed by atoms with van der Waals surface area (Å²) in [5, 5.41) is 7.14. The number of methoxy groups -OCH3 is 1. The van der Waals surface area contributed by atoms with Gasteiger partial charge in [0.2, 0.25) is 6.23 Å². The fourth-order valence-corrected chi connectivity index (χ4v) is 4.62. The van der Waals surface area contributed by atoms with Crippen molar-refractivity contribution in [1.29, 1.82) is 0 Å². The molecule has 0 radical (unpaired) electrons. The quantitative estimate of drug-likeness (QED) is 0.458. The molecule has 3 aromatic rings. The van der Waals surface area contributed by atoms with Gasteiger partial charge in [0, 0.05) is 16.5 Å². The van der Waals surface area contributed by atoms with E-state index >= 15 is 0 Å². The van der Waals surface area contributed by atoms with Crippen molar-refractivity contribution in [3.63, 3.8) is 0 Å². The van der Waals surface area contributed by atoms with E-state index in [0.29, 0.717) is 0 Å². The number of benzene rings is 3. The van der Waals surface area contributed by atoms with Crippen molar-refractivity contribution in [2.24, 2.45) is 5.10 Å². The lowest BCUT2D eigenvalue weighted by Crippen LogP contribution is -2.33. The Bertz CT molecular complexity index is 1110. The predicted octanol–water partition coefficient (Wildman–Crippen LogP) is 6.26. The summed E-state index contributed by atoms with van der Waals surface area (Å²) >= 11 is 3.59. The maximum Gasteiger partial charge on any atom is 0.217 e. The summed E-state index contributed by atoms with van der Waals surface area (Å²) in [5.41, 5.74) is 5.71. The number of hydrogen-bond donors (Lipinski definition) is 0. The number of nitrogens with zero attached hydrogens (tertiary/aromatic N) is 2. The molecule has 0 amide bonds. The van der Waals surface area contributed by atoms with Crippen molar-refractivity contribution < 1.29 is 9.47 Å². The van der Waals surface area contributed by atoms with E-state index in [2.05, 4.69) is 70.3 Å². The van der Waals surface area contributed by atoms with Crippen molar-refractivity contribution in [1.82, 2.24) is 5.01 Å². The molecule has 0 fully saturated rings. The summed E-state index contributed by atoms with van der Waals surface area (Å²) in [6.07, 6.45) is 1.52. The average molecular weight is 463 g/mol. The van der Waals surface area contributed by atoms with Gasteiger partial charge in [0.05, 0.1) is 24.4 Å². The number of fused-ring (bicyclic) bond motifs is 3. The third-order valence-electron chi connectivity index (χ3n) is 5.85. The predicted molar refractivity (Wildman–Crippen MR) is 122 cm³/mol. The van der Waals surface area contributed by atoms with E-state index in [0.717, 1.165) is 40.1 Å². The van der Waals surface area contributed by atoms with Crippen molar-refractivity contribution in [2.75, 3.05) is 7.11 Å². The molecule has 5 heteroatoms. The molecule has 30 heavy (non-hydrogen) atoms. The number of para-hydroxylation sites is 1. The van der Waals surface area contributed by atoms with Crippen LogP contribution in [-0.4, -0.2) is 17.8 Å². The van der Waals surface area contributed by atoms with Crippen molar-refractivity contribution in [3.8, 4) is 11.5 Å². The van der Waals surface area contributed by atoms with Crippen LogP contribution in [0.4, 0.5) is 0 Å². The molecule has 0 saturated heterocycles. The lowest BCUT2D eigenvalue weighted by Gasteiger charge is -2.38. The first-order valence-electron chi connectivity index (χ1n) is 10.2. The summed E-state index contributed by atoms with van der Waals surface area (Å²) in [6, 6.07) is 23.1. The summed E-state index contributed by atoms with van der Waals surface area (Å²) in [7, 11) is 1.69. The van der Waals surface area contributed by atoms with Gasteiger partial charge in [-0.1, -0.05) is 65.3 Å². The molecule has 3 aromatic carbocycles. The van der Waals surface area contributed by atoms with Crippen LogP contribution in [0.1, 0.15) is 47.9 Å². The number of aryl methyl sites for hydroxylation is 1. The van der Waals surface area contributed by atoms with Crippen LogP contribution in [0.15, 0.2) is 76.3 Å². The zero-order valence-electron chi connectivity index (χ0n) is 17.0. The number of halogens is 1. The van der Waals surface area contributed by atoms with Gasteiger partial charge in [-0.05, 0) is 41.8 Å². The summed E-state index contributed by atoms with van der Waals surface area (Å²) in [6.45, 7) is 2.17. The molecule has 2 atom stereocenters. The molecular formula is C25H23BrN2O2. The normalized spacial score (nSPS) is 19.6. The van der Waals surface area contributed by atoms with E-state index in [1.165, 1.54) is 16.7 Å². The smallest absolute Gasteiger partial charge is 0.217 e. The fourth-order valence-electron chi connectivity index (χ4n) is 4.24. The van der Waals surface area contributed by atoms with Crippen LogP contribution in [0.25, 0.3) is 0 Å². The standard InChI is InChI=1S/C25H23BrN2O2/c1-3-16-8-10-17(11-9-16)21-15-22-19-6-4-5-7-24(19)30-25(28(22)27-21)20-14-18(26)12-13-23(20)29-2/h4-14,22,25H,3,15H2,1-2H3/t22-,25+/m0/s1. The van der Waals surface area contributed by atoms with Gasteiger partial charge in [0.25, 0.3) is 0 Å². The molecule has 152 valence electrons. The largest absolute Gasteiger partial charge is 0.496 e. The Balaban J connectivity index is 1.60. The van der Waals surface area contributed by atoms with Crippen LogP contribution >= 0.6 is 15.9 Å². The highest BCUT2D eigenvalue weighted by atomic mass is 79.9. The Morgan fingerprint density at radius 1 is 1.07 bits per heavy atom. The van der Waals surface area contributed by atoms with E-state index in [4.69, 9.17) is 14.6 Å². The zero-order valence-corrected chi connectivity index (χ0v) is 18.6. The molecule has 0 bridgehead atoms. The molecule has 0 aromatic heterocycles. The first-order chi connectivity index (χ1) is 14.7. The third kappa shape index (κ3) is 3.27. The maximum absolute atomic E-state index is 6.47. The monoisotopic (exact) mass is 462 g/mol. The van der Waals surface area contributed by atoms with Gasteiger partial charge < -0.3 is 9.47 Å². The van der Waals surface area contributed by atoms with Gasteiger partial charge in [-0.3, -0.25) is 0 Å². The molecule has 4 nitrogen and oxygen atoms in total. The molecule has 2 aliphatic heterocycles. The summed E-state index contributed by atoms with van der Waals surface area (Å²) in [4.78, 5) is 0. The maximum atomic E-state index is 6.47. The highest BCUT2D eigenvalue weighted by Gasteiger charge is 2.41. The Labute approximate surface area is 185 Å². The van der Waals surface area contributed by atoms with Crippen LogP contribution < -0.4 is 9.47 Å². The van der Waals surface area contributed by atoms with E-state index < -0.39 is 0 Å². The van der Waals surface area contributed by atoms with Crippen LogP contribution in [-0.2, 0) is 6.42 Å². The number of hydrazone groups is 1. The number of ether oxygens (including phenoxy) is 2. The minimum atomic E-state index is -0.357. The Hall–Kier alpha value is -2.79. The van der Waals surface area contributed by atoms with E-state index in [1.807, 2.05) is 24.3 Å². The highest BCUT2D eigenvalue weighted by Crippen LogP contribution is 2.49. The van der Waals surface area contributed by atoms with Gasteiger partial charge in [0.1, 0.15) is 11.5 Å². The van der Waals surface area contributed by atoms with E-state index in [1.54, 1.807) is 7.11 Å². The molecule has 0 aliphatic carbocycles. The topological polar surface area (TPSA) is 34.1 Å². The molecule has 2 heterocycles. The molecular weight excluding hydrogens is 440 g/mol. The van der Waals surface area contributed by atoms with Gasteiger partial charge >= 0.3 is 0 Å². The molecule has 0 saturated carbocycles. The molecule has 0 N–H and O–H groups in total. The third-order valence-corrected chi connectivity index (χ3v) is 6.35. The Kier molecular flexibility index (Phi) is 4.99. The number of hydrogen-bond acceptors (Lipinski definition) is 4. The second kappa shape index (κ2) is 7.80. The number of rotatable bonds is 4. The molecule has 5 rings (SSSR count). The first kappa shape index (κ1) is 19.2. The molecule has 0 spiro atoms. The summed E-state index contributed by atoms with van der Waals surface area (Å²) in [5.74, 6) is 1.70. The second-order valence-electron chi connectivity index (χ2n) is 7.59. The SMILES string of the molecule is CCc1ccc(C2=NN3[C@@H](c4cc(Br)ccc4OC)Oc4ccccc4[C@@H]3C2)cc1.